The van der Waals surface area contributed by atoms with E-state index < -0.39 is 0 Å². The second-order valence-electron chi connectivity index (χ2n) is 5.31. The number of amides is 1. The molecule has 0 saturated heterocycles. The lowest BCUT2D eigenvalue weighted by Gasteiger charge is -2.15. The third-order valence-electron chi connectivity index (χ3n) is 3.22. The zero-order chi connectivity index (χ0) is 16.1. The number of carbonyl (C=O) groups is 1. The summed E-state index contributed by atoms with van der Waals surface area (Å²) in [6.45, 7) is 1.29. The molecular weight excluding hydrogens is 319 g/mol. The molecule has 0 heterocycles. The number of benzene rings is 2. The van der Waals surface area contributed by atoms with Gasteiger partial charge in [0.25, 0.3) is 5.91 Å². The molecule has 0 aromatic heterocycles. The molecule has 0 spiro atoms. The minimum absolute atomic E-state index is 0.207. The Hall–Kier alpha value is -1.55. The summed E-state index contributed by atoms with van der Waals surface area (Å²) in [4.78, 5) is 14.3. The lowest BCUT2D eigenvalue weighted by molar-refractivity contribution is 0.0951. The highest BCUT2D eigenvalue weighted by Gasteiger charge is 2.11. The highest BCUT2D eigenvalue weighted by Crippen LogP contribution is 2.21. The van der Waals surface area contributed by atoms with Gasteiger partial charge in [-0.15, -0.1) is 0 Å². The van der Waals surface area contributed by atoms with Crippen molar-refractivity contribution in [1.29, 1.82) is 0 Å². The third-order valence-corrected chi connectivity index (χ3v) is 3.77. The number of rotatable bonds is 5. The second kappa shape index (κ2) is 7.63. The Labute approximate surface area is 140 Å². The number of nitrogens with one attached hydrogen (secondary N) is 1. The molecule has 22 heavy (non-hydrogen) atoms. The van der Waals surface area contributed by atoms with Crippen LogP contribution in [0, 0.1) is 0 Å². The summed E-state index contributed by atoms with van der Waals surface area (Å²) in [6, 6.07) is 12.9. The van der Waals surface area contributed by atoms with E-state index in [1.54, 1.807) is 18.2 Å². The van der Waals surface area contributed by atoms with Gasteiger partial charge in [0.2, 0.25) is 0 Å². The molecule has 2 aromatic rings. The third kappa shape index (κ3) is 4.47. The molecule has 0 atom stereocenters. The summed E-state index contributed by atoms with van der Waals surface area (Å²) in [6.07, 6.45) is 0. The maximum atomic E-state index is 12.2. The van der Waals surface area contributed by atoms with Crippen LogP contribution in [0.25, 0.3) is 0 Å². The van der Waals surface area contributed by atoms with Crippen LogP contribution < -0.4 is 5.32 Å². The Morgan fingerprint density at radius 3 is 2.41 bits per heavy atom. The summed E-state index contributed by atoms with van der Waals surface area (Å²) in [7, 11) is 4.03. The molecule has 1 amide bonds. The van der Waals surface area contributed by atoms with Crippen molar-refractivity contribution < 1.29 is 4.79 Å². The first kappa shape index (κ1) is 16.8. The monoisotopic (exact) mass is 336 g/mol. The fourth-order valence-electron chi connectivity index (χ4n) is 2.17. The molecule has 1 N–H and O–H groups in total. The topological polar surface area (TPSA) is 32.3 Å². The van der Waals surface area contributed by atoms with Crippen LogP contribution in [0.1, 0.15) is 21.5 Å². The van der Waals surface area contributed by atoms with Crippen molar-refractivity contribution in [3.05, 3.63) is 69.2 Å². The largest absolute Gasteiger partial charge is 0.348 e. The molecule has 0 aliphatic carbocycles. The fourth-order valence-corrected chi connectivity index (χ4v) is 2.66. The lowest BCUT2D eigenvalue weighted by atomic mass is 10.1. The van der Waals surface area contributed by atoms with Crippen molar-refractivity contribution in [2.75, 3.05) is 14.1 Å². The molecule has 5 heteroatoms. The average molecular weight is 337 g/mol. The Bertz CT molecular complexity index is 671. The van der Waals surface area contributed by atoms with Crippen LogP contribution in [-0.2, 0) is 13.1 Å². The fraction of sp³-hybridized carbons (Fsp3) is 0.235. The van der Waals surface area contributed by atoms with Crippen LogP contribution in [0.5, 0.6) is 0 Å². The molecular formula is C17H18Cl2N2O. The van der Waals surface area contributed by atoms with Gasteiger partial charge in [0, 0.05) is 18.1 Å². The van der Waals surface area contributed by atoms with Gasteiger partial charge in [-0.25, -0.2) is 0 Å². The van der Waals surface area contributed by atoms with Crippen molar-refractivity contribution in [2.45, 2.75) is 13.1 Å². The van der Waals surface area contributed by atoms with Crippen molar-refractivity contribution >= 4 is 29.1 Å². The minimum Gasteiger partial charge on any atom is -0.348 e. The van der Waals surface area contributed by atoms with E-state index >= 15 is 0 Å². The van der Waals surface area contributed by atoms with Gasteiger partial charge in [0.15, 0.2) is 0 Å². The van der Waals surface area contributed by atoms with Crippen molar-refractivity contribution in [3.63, 3.8) is 0 Å². The molecule has 0 fully saturated rings. The van der Waals surface area contributed by atoms with Crippen LogP contribution in [0.2, 0.25) is 10.0 Å². The zero-order valence-corrected chi connectivity index (χ0v) is 14.1. The predicted octanol–water partition coefficient (Wildman–Crippen LogP) is 3.99. The van der Waals surface area contributed by atoms with Crippen LogP contribution in [0.4, 0.5) is 0 Å². The highest BCUT2D eigenvalue weighted by atomic mass is 35.5. The Morgan fingerprint density at radius 2 is 1.77 bits per heavy atom. The van der Waals surface area contributed by atoms with Crippen LogP contribution in [0.15, 0.2) is 42.5 Å². The van der Waals surface area contributed by atoms with E-state index in [2.05, 4.69) is 16.3 Å². The zero-order valence-electron chi connectivity index (χ0n) is 12.6. The summed E-state index contributed by atoms with van der Waals surface area (Å²) in [5.74, 6) is -0.207. The summed E-state index contributed by atoms with van der Waals surface area (Å²) in [5, 5.41) is 3.77. The number of hydrogen-bond donors (Lipinski definition) is 1. The second-order valence-corrected chi connectivity index (χ2v) is 6.16. The predicted molar refractivity (Wildman–Crippen MR) is 91.5 cm³/mol. The van der Waals surface area contributed by atoms with Gasteiger partial charge in [-0.05, 0) is 43.4 Å². The molecule has 116 valence electrons. The van der Waals surface area contributed by atoms with E-state index in [1.807, 2.05) is 32.3 Å². The standard InChI is InChI=1S/C17H18Cl2N2O/c1-21(2)11-13-6-4-3-5-12(13)10-20-17(22)15-8-7-14(18)9-16(15)19/h3-9H,10-11H2,1-2H3,(H,20,22). The van der Waals surface area contributed by atoms with E-state index in [0.717, 1.165) is 12.1 Å². The van der Waals surface area contributed by atoms with E-state index in [9.17, 15) is 4.79 Å². The molecule has 2 rings (SSSR count). The Morgan fingerprint density at radius 1 is 1.09 bits per heavy atom. The molecule has 0 unspecified atom stereocenters. The van der Waals surface area contributed by atoms with Gasteiger partial charge in [0.05, 0.1) is 10.6 Å². The molecule has 0 saturated carbocycles. The SMILES string of the molecule is CN(C)Cc1ccccc1CNC(=O)c1ccc(Cl)cc1Cl. The summed E-state index contributed by atoms with van der Waals surface area (Å²) < 4.78 is 0. The summed E-state index contributed by atoms with van der Waals surface area (Å²) >= 11 is 11.9. The molecule has 0 radical (unpaired) electrons. The van der Waals surface area contributed by atoms with Gasteiger partial charge in [-0.3, -0.25) is 4.79 Å². The van der Waals surface area contributed by atoms with Gasteiger partial charge in [-0.1, -0.05) is 47.5 Å². The number of halogens is 2. The smallest absolute Gasteiger partial charge is 0.253 e. The maximum Gasteiger partial charge on any atom is 0.253 e. The molecule has 0 aliphatic rings. The number of nitrogens with zero attached hydrogens (tertiary/aromatic N) is 1. The normalized spacial score (nSPS) is 10.8. The van der Waals surface area contributed by atoms with E-state index in [1.165, 1.54) is 5.56 Å². The molecule has 0 bridgehead atoms. The molecule has 2 aromatic carbocycles. The molecule has 0 aliphatic heterocycles. The lowest BCUT2D eigenvalue weighted by Crippen LogP contribution is -2.24. The van der Waals surface area contributed by atoms with E-state index in [-0.39, 0.29) is 5.91 Å². The van der Waals surface area contributed by atoms with Crippen LogP contribution >= 0.6 is 23.2 Å². The van der Waals surface area contributed by atoms with Crippen molar-refractivity contribution in [2.24, 2.45) is 0 Å². The molecule has 3 nitrogen and oxygen atoms in total. The summed E-state index contributed by atoms with van der Waals surface area (Å²) in [5.41, 5.74) is 2.71. The average Bonchev–Trinajstić information content (AvgIpc) is 2.45. The Balaban J connectivity index is 2.08. The van der Waals surface area contributed by atoms with Crippen molar-refractivity contribution in [3.8, 4) is 0 Å². The number of hydrogen-bond acceptors (Lipinski definition) is 2. The first-order valence-corrected chi connectivity index (χ1v) is 7.67. The van der Waals surface area contributed by atoms with Crippen LogP contribution in [-0.4, -0.2) is 24.9 Å². The first-order valence-electron chi connectivity index (χ1n) is 6.92. The van der Waals surface area contributed by atoms with Gasteiger partial charge in [-0.2, -0.15) is 0 Å². The Kier molecular flexibility index (Phi) is 5.83. The van der Waals surface area contributed by atoms with Gasteiger partial charge in [0.1, 0.15) is 0 Å². The first-order chi connectivity index (χ1) is 10.5. The van der Waals surface area contributed by atoms with E-state index in [0.29, 0.717) is 22.2 Å². The minimum atomic E-state index is -0.207. The van der Waals surface area contributed by atoms with Gasteiger partial charge >= 0.3 is 0 Å². The highest BCUT2D eigenvalue weighted by molar-refractivity contribution is 6.36. The van der Waals surface area contributed by atoms with Crippen molar-refractivity contribution in [1.82, 2.24) is 10.2 Å². The van der Waals surface area contributed by atoms with Gasteiger partial charge < -0.3 is 10.2 Å². The van der Waals surface area contributed by atoms with Crippen LogP contribution in [0.3, 0.4) is 0 Å². The quantitative estimate of drug-likeness (QED) is 0.895. The maximum absolute atomic E-state index is 12.2. The van der Waals surface area contributed by atoms with E-state index in [4.69, 9.17) is 23.2 Å². The number of carbonyl (C=O) groups excluding carboxylic acids is 1.